The van der Waals surface area contributed by atoms with Gasteiger partial charge in [-0.25, -0.2) is 18.0 Å². The van der Waals surface area contributed by atoms with Gasteiger partial charge in [0.15, 0.2) is 0 Å². The van der Waals surface area contributed by atoms with Gasteiger partial charge >= 0.3 is 12.1 Å². The zero-order valence-electron chi connectivity index (χ0n) is 20.6. The number of urea groups is 2. The van der Waals surface area contributed by atoms with E-state index < -0.39 is 22.1 Å². The summed E-state index contributed by atoms with van der Waals surface area (Å²) >= 11 is 0. The number of carbonyl (C=O) groups is 2. The molecule has 0 spiro atoms. The topological polar surface area (TPSA) is 127 Å². The molecule has 9 heteroatoms. The molecule has 39 heavy (non-hydrogen) atoms. The first-order valence-corrected chi connectivity index (χ1v) is 13.4. The molecular formula is C30H24N4O4S. The molecule has 5 aromatic rings. The average Bonchev–Trinajstić information content (AvgIpc) is 2.94. The Kier molecular flexibility index (Phi) is 6.74. The first-order chi connectivity index (χ1) is 18.8. The Morgan fingerprint density at radius 1 is 0.564 bits per heavy atom. The third-order valence-corrected chi connectivity index (χ3v) is 7.98. The highest BCUT2D eigenvalue weighted by molar-refractivity contribution is 7.93. The van der Waals surface area contributed by atoms with Crippen molar-refractivity contribution in [3.63, 3.8) is 0 Å². The molecule has 194 valence electrons. The summed E-state index contributed by atoms with van der Waals surface area (Å²) in [5, 5.41) is 1.64. The summed E-state index contributed by atoms with van der Waals surface area (Å²) in [6.07, 6.45) is 0. The Bertz CT molecular complexity index is 1790. The number of nitrogens with two attached hydrogens (primary N) is 2. The molecule has 5 rings (SSSR count). The third-order valence-electron chi connectivity index (χ3n) is 6.25. The normalized spacial score (nSPS) is 11.2. The highest BCUT2D eigenvalue weighted by Crippen LogP contribution is 2.44. The van der Waals surface area contributed by atoms with E-state index in [2.05, 4.69) is 0 Å². The van der Waals surface area contributed by atoms with Crippen molar-refractivity contribution in [3.8, 4) is 11.1 Å². The van der Waals surface area contributed by atoms with Gasteiger partial charge in [0.05, 0.1) is 22.0 Å². The summed E-state index contributed by atoms with van der Waals surface area (Å²) < 4.78 is 28.0. The van der Waals surface area contributed by atoms with Gasteiger partial charge in [0.1, 0.15) is 0 Å². The molecule has 4 amide bonds. The fraction of sp³-hybridized carbons (Fsp3) is 0. The molecule has 0 saturated carbocycles. The van der Waals surface area contributed by atoms with Crippen molar-refractivity contribution in [1.29, 1.82) is 0 Å². The molecule has 0 aromatic heterocycles. The largest absolute Gasteiger partial charge is 0.351 e. The average molecular weight is 537 g/mol. The number of sulfonamides is 1. The summed E-state index contributed by atoms with van der Waals surface area (Å²) in [6.45, 7) is 0. The van der Waals surface area contributed by atoms with Crippen molar-refractivity contribution in [2.24, 2.45) is 11.5 Å². The van der Waals surface area contributed by atoms with Crippen LogP contribution in [-0.4, -0.2) is 20.5 Å². The Morgan fingerprint density at radius 3 is 1.77 bits per heavy atom. The monoisotopic (exact) mass is 536 g/mol. The number of primary amides is 2. The van der Waals surface area contributed by atoms with Crippen molar-refractivity contribution in [2.45, 2.75) is 4.90 Å². The zero-order valence-corrected chi connectivity index (χ0v) is 21.5. The maximum absolute atomic E-state index is 13.7. The molecule has 0 aliphatic heterocycles. The van der Waals surface area contributed by atoms with Gasteiger partial charge in [-0.15, -0.1) is 0 Å². The van der Waals surface area contributed by atoms with Gasteiger partial charge in [0, 0.05) is 10.9 Å². The van der Waals surface area contributed by atoms with Crippen LogP contribution >= 0.6 is 0 Å². The number of amides is 4. The molecule has 0 saturated heterocycles. The number of fused-ring (bicyclic) bond motifs is 1. The van der Waals surface area contributed by atoms with E-state index in [9.17, 15) is 18.0 Å². The third kappa shape index (κ3) is 4.67. The molecular weight excluding hydrogens is 512 g/mol. The van der Waals surface area contributed by atoms with E-state index in [0.717, 1.165) is 10.8 Å². The number of carbonyl (C=O) groups excluding carboxylic acids is 2. The standard InChI is InChI=1S/C30H24N4O4S/c31-29(35)33(25-18-9-14-21-11-7-8-17-24(21)25)26-19-10-20-27(28(26)22-12-3-1-4-13-22)34(30(32)36)39(37,38)23-15-5-2-6-16-23/h1-20H,(H2,31,35)(H2,32,36). The van der Waals surface area contributed by atoms with Crippen LogP contribution in [-0.2, 0) is 10.0 Å². The lowest BCUT2D eigenvalue weighted by Gasteiger charge is -2.29. The minimum atomic E-state index is -4.42. The van der Waals surface area contributed by atoms with Crippen LogP contribution in [0.3, 0.4) is 0 Å². The smallest absolute Gasteiger partial charge is 0.333 e. The Morgan fingerprint density at radius 2 is 1.10 bits per heavy atom. The number of hydrogen-bond acceptors (Lipinski definition) is 4. The molecule has 5 aromatic carbocycles. The molecule has 0 aliphatic rings. The quantitative estimate of drug-likeness (QED) is 0.276. The zero-order chi connectivity index (χ0) is 27.6. The van der Waals surface area contributed by atoms with Crippen molar-refractivity contribution >= 4 is 49.9 Å². The van der Waals surface area contributed by atoms with Crippen LogP contribution in [0.2, 0.25) is 0 Å². The second kappa shape index (κ2) is 10.3. The second-order valence-corrected chi connectivity index (χ2v) is 10.4. The fourth-order valence-electron chi connectivity index (χ4n) is 4.62. The van der Waals surface area contributed by atoms with Crippen LogP contribution in [0, 0.1) is 0 Å². The predicted molar refractivity (Wildman–Crippen MR) is 153 cm³/mol. The number of hydrogen-bond donors (Lipinski definition) is 2. The Labute approximate surface area is 225 Å². The summed E-state index contributed by atoms with van der Waals surface area (Å²) in [5.41, 5.74) is 13.2. The molecule has 0 atom stereocenters. The van der Waals surface area contributed by atoms with Crippen LogP contribution in [0.4, 0.5) is 26.7 Å². The molecule has 8 nitrogen and oxygen atoms in total. The lowest BCUT2D eigenvalue weighted by Crippen LogP contribution is -2.41. The van der Waals surface area contributed by atoms with Gasteiger partial charge in [0.2, 0.25) is 0 Å². The molecule has 0 radical (unpaired) electrons. The van der Waals surface area contributed by atoms with Gasteiger partial charge in [-0.1, -0.05) is 91.0 Å². The van der Waals surface area contributed by atoms with E-state index in [-0.39, 0.29) is 21.8 Å². The van der Waals surface area contributed by atoms with Gasteiger partial charge < -0.3 is 11.5 Å². The lowest BCUT2D eigenvalue weighted by atomic mass is 9.99. The van der Waals surface area contributed by atoms with Gasteiger partial charge in [0.25, 0.3) is 10.0 Å². The molecule has 4 N–H and O–H groups in total. The SMILES string of the molecule is NC(=O)N(c1cccc(N(C(N)=O)S(=O)(=O)c2ccccc2)c1-c1ccccc1)c1cccc2ccccc12. The number of nitrogens with zero attached hydrogens (tertiary/aromatic N) is 2. The fourth-order valence-corrected chi connectivity index (χ4v) is 5.98. The van der Waals surface area contributed by atoms with Crippen molar-refractivity contribution < 1.29 is 18.0 Å². The summed E-state index contributed by atoms with van der Waals surface area (Å²) in [4.78, 5) is 27.1. The maximum atomic E-state index is 13.7. The first-order valence-electron chi connectivity index (χ1n) is 12.0. The van der Waals surface area contributed by atoms with E-state index in [0.29, 0.717) is 15.6 Å². The van der Waals surface area contributed by atoms with Crippen LogP contribution in [0.1, 0.15) is 0 Å². The molecule has 0 heterocycles. The van der Waals surface area contributed by atoms with E-state index >= 15 is 0 Å². The van der Waals surface area contributed by atoms with Crippen LogP contribution in [0.5, 0.6) is 0 Å². The van der Waals surface area contributed by atoms with E-state index in [1.165, 1.54) is 23.1 Å². The first kappa shape index (κ1) is 25.5. The number of benzene rings is 5. The highest BCUT2D eigenvalue weighted by atomic mass is 32.2. The van der Waals surface area contributed by atoms with Crippen molar-refractivity contribution in [2.75, 3.05) is 9.21 Å². The van der Waals surface area contributed by atoms with Gasteiger partial charge in [-0.2, -0.15) is 4.31 Å². The van der Waals surface area contributed by atoms with Gasteiger partial charge in [-0.05, 0) is 41.3 Å². The Balaban J connectivity index is 1.84. The van der Waals surface area contributed by atoms with E-state index in [1.54, 1.807) is 72.8 Å². The van der Waals surface area contributed by atoms with Crippen molar-refractivity contribution in [1.82, 2.24) is 0 Å². The molecule has 0 unspecified atom stereocenters. The molecule has 0 fully saturated rings. The lowest BCUT2D eigenvalue weighted by molar-refractivity contribution is 0.255. The molecule has 0 bridgehead atoms. The number of rotatable bonds is 6. The minimum Gasteiger partial charge on any atom is -0.351 e. The van der Waals surface area contributed by atoms with Crippen LogP contribution in [0.25, 0.3) is 21.9 Å². The maximum Gasteiger partial charge on any atom is 0.333 e. The molecule has 0 aliphatic carbocycles. The Hall–Kier alpha value is -5.15. The summed E-state index contributed by atoms with van der Waals surface area (Å²) in [6, 6.07) is 32.0. The summed E-state index contributed by atoms with van der Waals surface area (Å²) in [7, 11) is -4.42. The van der Waals surface area contributed by atoms with Crippen molar-refractivity contribution in [3.05, 3.63) is 121 Å². The predicted octanol–water partition coefficient (Wildman–Crippen LogP) is 6.00. The van der Waals surface area contributed by atoms with Crippen LogP contribution in [0.15, 0.2) is 126 Å². The van der Waals surface area contributed by atoms with Gasteiger partial charge in [-0.3, -0.25) is 4.90 Å². The van der Waals surface area contributed by atoms with E-state index in [1.807, 2.05) is 30.3 Å². The van der Waals surface area contributed by atoms with Crippen LogP contribution < -0.4 is 20.7 Å². The highest BCUT2D eigenvalue weighted by Gasteiger charge is 2.34. The number of anilines is 3. The summed E-state index contributed by atoms with van der Waals surface area (Å²) in [5.74, 6) is 0. The second-order valence-electron chi connectivity index (χ2n) is 8.63. The minimum absolute atomic E-state index is 0.0264. The van der Waals surface area contributed by atoms with E-state index in [4.69, 9.17) is 11.5 Å².